The zero-order chi connectivity index (χ0) is 37.5. The van der Waals surface area contributed by atoms with E-state index in [1.165, 1.54) is 93.4 Å². The fourth-order valence-electron chi connectivity index (χ4n) is 9.34. The maximum atomic E-state index is 2.45. The van der Waals surface area contributed by atoms with Crippen LogP contribution < -0.4 is 0 Å². The third kappa shape index (κ3) is 4.79. The normalized spacial score (nSPS) is 11.9. The van der Waals surface area contributed by atoms with Crippen molar-refractivity contribution >= 4 is 65.4 Å². The molecule has 0 N–H and O–H groups in total. The van der Waals surface area contributed by atoms with E-state index in [4.69, 9.17) is 0 Å². The summed E-state index contributed by atoms with van der Waals surface area (Å²) in [6.45, 7) is 0. The van der Waals surface area contributed by atoms with Gasteiger partial charge in [0, 0.05) is 49.4 Å². The molecular formula is C54H35N3. The van der Waals surface area contributed by atoms with Gasteiger partial charge in [-0.25, -0.2) is 0 Å². The summed E-state index contributed by atoms with van der Waals surface area (Å²) in [5, 5.41) is 7.58. The number of benzene rings is 9. The first-order valence-electron chi connectivity index (χ1n) is 19.6. The molecule has 12 aromatic rings. The molecule has 3 aromatic heterocycles. The van der Waals surface area contributed by atoms with Crippen LogP contribution in [0.1, 0.15) is 0 Å². The Bertz CT molecular complexity index is 3490. The van der Waals surface area contributed by atoms with Crippen LogP contribution in [-0.2, 0) is 0 Å². The van der Waals surface area contributed by atoms with Crippen molar-refractivity contribution in [3.63, 3.8) is 0 Å². The largest absolute Gasteiger partial charge is 0.309 e. The van der Waals surface area contributed by atoms with Crippen molar-refractivity contribution in [2.45, 2.75) is 0 Å². The molecule has 266 valence electrons. The predicted octanol–water partition coefficient (Wildman–Crippen LogP) is 14.3. The maximum absolute atomic E-state index is 2.45. The van der Waals surface area contributed by atoms with Crippen molar-refractivity contribution in [3.05, 3.63) is 212 Å². The van der Waals surface area contributed by atoms with Gasteiger partial charge in [0.1, 0.15) is 0 Å². The molecular weight excluding hydrogens is 691 g/mol. The Balaban J connectivity index is 1.04. The van der Waals surface area contributed by atoms with Gasteiger partial charge in [-0.2, -0.15) is 0 Å². The molecule has 0 aliphatic heterocycles. The number of fused-ring (bicyclic) bond motifs is 10. The van der Waals surface area contributed by atoms with Crippen LogP contribution in [0, 0.1) is 0 Å². The quantitative estimate of drug-likeness (QED) is 0.168. The fraction of sp³-hybridized carbons (Fsp3) is 0. The van der Waals surface area contributed by atoms with Crippen molar-refractivity contribution in [2.75, 3.05) is 0 Å². The summed E-state index contributed by atoms with van der Waals surface area (Å²) < 4.78 is 7.27. The van der Waals surface area contributed by atoms with E-state index in [9.17, 15) is 0 Å². The molecule has 0 saturated heterocycles. The van der Waals surface area contributed by atoms with E-state index in [0.29, 0.717) is 0 Å². The summed E-state index contributed by atoms with van der Waals surface area (Å²) >= 11 is 0. The number of aromatic nitrogens is 3. The van der Waals surface area contributed by atoms with Gasteiger partial charge in [0.25, 0.3) is 0 Å². The number of hydrogen-bond donors (Lipinski definition) is 0. The van der Waals surface area contributed by atoms with Gasteiger partial charge in [0.15, 0.2) is 0 Å². The van der Waals surface area contributed by atoms with Crippen LogP contribution in [0.3, 0.4) is 0 Å². The SMILES string of the molecule is c1ccc(-c2ccc(-n3c4ccccc4c4ccc(-c5cccc(-n6c7ccccc7c7c8c9ccccc9n(-c9ccccc9)c8ccc76)c5)cc43)cc2)cc1. The summed E-state index contributed by atoms with van der Waals surface area (Å²) in [6.07, 6.45) is 0. The molecule has 0 unspecified atom stereocenters. The molecule has 0 saturated carbocycles. The van der Waals surface area contributed by atoms with Crippen molar-refractivity contribution in [2.24, 2.45) is 0 Å². The van der Waals surface area contributed by atoms with Crippen LogP contribution in [-0.4, -0.2) is 13.7 Å². The molecule has 3 heteroatoms. The molecule has 0 spiro atoms. The molecule has 0 aliphatic carbocycles. The number of para-hydroxylation sites is 4. The van der Waals surface area contributed by atoms with E-state index < -0.39 is 0 Å². The molecule has 0 bridgehead atoms. The van der Waals surface area contributed by atoms with E-state index in [1.54, 1.807) is 0 Å². The minimum atomic E-state index is 1.14. The molecule has 0 fully saturated rings. The lowest BCUT2D eigenvalue weighted by molar-refractivity contribution is 1.17. The number of hydrogen-bond acceptors (Lipinski definition) is 0. The van der Waals surface area contributed by atoms with E-state index in [-0.39, 0.29) is 0 Å². The topological polar surface area (TPSA) is 14.8 Å². The second kappa shape index (κ2) is 12.5. The Kier molecular flexibility index (Phi) is 6.93. The number of rotatable bonds is 5. The molecule has 12 rings (SSSR count). The second-order valence-electron chi connectivity index (χ2n) is 14.9. The molecule has 9 aromatic carbocycles. The highest BCUT2D eigenvalue weighted by molar-refractivity contribution is 6.29. The molecule has 3 nitrogen and oxygen atoms in total. The van der Waals surface area contributed by atoms with E-state index in [2.05, 4.69) is 226 Å². The van der Waals surface area contributed by atoms with E-state index >= 15 is 0 Å². The molecule has 0 aliphatic rings. The van der Waals surface area contributed by atoms with Gasteiger partial charge >= 0.3 is 0 Å². The second-order valence-corrected chi connectivity index (χ2v) is 14.9. The van der Waals surface area contributed by atoms with E-state index in [0.717, 1.165) is 11.4 Å². The van der Waals surface area contributed by atoms with Gasteiger partial charge in [-0.3, -0.25) is 0 Å². The lowest BCUT2D eigenvalue weighted by Gasteiger charge is -2.12. The van der Waals surface area contributed by atoms with Crippen LogP contribution >= 0.6 is 0 Å². The lowest BCUT2D eigenvalue weighted by atomic mass is 10.0. The molecule has 0 atom stereocenters. The Hall–Kier alpha value is -7.62. The smallest absolute Gasteiger partial charge is 0.0548 e. The Morgan fingerprint density at radius 2 is 0.632 bits per heavy atom. The van der Waals surface area contributed by atoms with Crippen LogP contribution in [0.2, 0.25) is 0 Å². The summed E-state index contributed by atoms with van der Waals surface area (Å²) in [7, 11) is 0. The Morgan fingerprint density at radius 1 is 0.211 bits per heavy atom. The third-order valence-corrected chi connectivity index (χ3v) is 11.8. The van der Waals surface area contributed by atoms with Gasteiger partial charge in [0.2, 0.25) is 0 Å². The third-order valence-electron chi connectivity index (χ3n) is 11.8. The van der Waals surface area contributed by atoms with E-state index in [1.807, 2.05) is 0 Å². The average molecular weight is 726 g/mol. The highest BCUT2D eigenvalue weighted by Crippen LogP contribution is 2.43. The van der Waals surface area contributed by atoms with Gasteiger partial charge in [0.05, 0.1) is 33.1 Å². The lowest BCUT2D eigenvalue weighted by Crippen LogP contribution is -1.95. The summed E-state index contributed by atoms with van der Waals surface area (Å²) in [5.74, 6) is 0. The minimum absolute atomic E-state index is 1.14. The summed E-state index contributed by atoms with van der Waals surface area (Å²) in [6, 6.07) is 77.3. The summed E-state index contributed by atoms with van der Waals surface area (Å²) in [4.78, 5) is 0. The highest BCUT2D eigenvalue weighted by atomic mass is 15.0. The monoisotopic (exact) mass is 725 g/mol. The predicted molar refractivity (Wildman–Crippen MR) is 240 cm³/mol. The molecule has 0 amide bonds. The van der Waals surface area contributed by atoms with Gasteiger partial charge in [-0.15, -0.1) is 0 Å². The van der Waals surface area contributed by atoms with Crippen LogP contribution in [0.15, 0.2) is 212 Å². The van der Waals surface area contributed by atoms with Crippen molar-refractivity contribution in [1.82, 2.24) is 13.7 Å². The van der Waals surface area contributed by atoms with Gasteiger partial charge in [-0.05, 0) is 95.1 Å². The highest BCUT2D eigenvalue weighted by Gasteiger charge is 2.21. The van der Waals surface area contributed by atoms with Gasteiger partial charge < -0.3 is 13.7 Å². The number of nitrogens with zero attached hydrogens (tertiary/aromatic N) is 3. The molecule has 0 radical (unpaired) electrons. The fourth-order valence-corrected chi connectivity index (χ4v) is 9.34. The van der Waals surface area contributed by atoms with Crippen molar-refractivity contribution in [1.29, 1.82) is 0 Å². The maximum Gasteiger partial charge on any atom is 0.0548 e. The zero-order valence-corrected chi connectivity index (χ0v) is 31.0. The zero-order valence-electron chi connectivity index (χ0n) is 31.0. The van der Waals surface area contributed by atoms with Crippen LogP contribution in [0.25, 0.3) is 105 Å². The first kappa shape index (κ1) is 31.7. The van der Waals surface area contributed by atoms with Crippen molar-refractivity contribution in [3.8, 4) is 39.3 Å². The minimum Gasteiger partial charge on any atom is -0.309 e. The summed E-state index contributed by atoms with van der Waals surface area (Å²) in [5.41, 5.74) is 15.5. The Labute approximate surface area is 329 Å². The standard InChI is InChI=1S/C54H35N3/c1-3-14-36(15-4-1)37-26-29-41(30-27-37)56-47-23-10-7-20-43(47)44-31-28-39(35-52(44)56)38-16-13-19-42(34-38)57-49-25-12-9-22-46(49)54-51(57)33-32-50-53(54)45-21-8-11-24-48(45)55(50)40-17-5-2-6-18-40/h1-35H. The van der Waals surface area contributed by atoms with Crippen molar-refractivity contribution < 1.29 is 0 Å². The first-order valence-corrected chi connectivity index (χ1v) is 19.6. The van der Waals surface area contributed by atoms with Gasteiger partial charge in [-0.1, -0.05) is 140 Å². The van der Waals surface area contributed by atoms with Crippen LogP contribution in [0.4, 0.5) is 0 Å². The van der Waals surface area contributed by atoms with Crippen LogP contribution in [0.5, 0.6) is 0 Å². The average Bonchev–Trinajstić information content (AvgIpc) is 3.92. The Morgan fingerprint density at radius 3 is 1.30 bits per heavy atom. The first-order chi connectivity index (χ1) is 28.3. The molecule has 57 heavy (non-hydrogen) atoms. The molecule has 3 heterocycles.